The number of rotatable bonds is 3. The van der Waals surface area contributed by atoms with E-state index in [-0.39, 0.29) is 22.0 Å². The summed E-state index contributed by atoms with van der Waals surface area (Å²) in [5.41, 5.74) is -1.23. The van der Waals surface area contributed by atoms with Gasteiger partial charge in [0.25, 0.3) is 5.91 Å². The molecule has 0 aliphatic carbocycles. The van der Waals surface area contributed by atoms with Gasteiger partial charge in [0.05, 0.1) is 16.3 Å². The van der Waals surface area contributed by atoms with Crippen molar-refractivity contribution in [3.63, 3.8) is 0 Å². The molecule has 0 aliphatic rings. The number of carbonyl (C=O) groups is 2. The first kappa shape index (κ1) is 20.6. The van der Waals surface area contributed by atoms with E-state index < -0.39 is 35.1 Å². The lowest BCUT2D eigenvalue weighted by molar-refractivity contribution is 0.0635. The van der Waals surface area contributed by atoms with E-state index in [0.717, 1.165) is 12.1 Å². The molecule has 27 heavy (non-hydrogen) atoms. The van der Waals surface area contributed by atoms with Crippen molar-refractivity contribution >= 4 is 35.0 Å². The Morgan fingerprint density at radius 3 is 2.22 bits per heavy atom. The first-order chi connectivity index (χ1) is 12.5. The zero-order valence-corrected chi connectivity index (χ0v) is 15.4. The highest BCUT2D eigenvalue weighted by Crippen LogP contribution is 2.24. The molecule has 0 aromatic heterocycles. The van der Waals surface area contributed by atoms with Crippen LogP contribution in [0.4, 0.5) is 29.3 Å². The smallest absolute Gasteiger partial charge is 0.412 e. The molecule has 0 saturated carbocycles. The minimum atomic E-state index is -1.24. The Balaban J connectivity index is 2.19. The predicted octanol–water partition coefficient (Wildman–Crippen LogP) is 5.36. The average Bonchev–Trinajstić information content (AvgIpc) is 2.52. The van der Waals surface area contributed by atoms with Crippen LogP contribution in [0.2, 0.25) is 5.02 Å². The van der Waals surface area contributed by atoms with Gasteiger partial charge in [0.1, 0.15) is 11.4 Å². The highest BCUT2D eigenvalue weighted by Gasteiger charge is 2.19. The van der Waals surface area contributed by atoms with E-state index in [2.05, 4.69) is 10.6 Å². The van der Waals surface area contributed by atoms with Gasteiger partial charge in [-0.1, -0.05) is 11.6 Å². The number of nitrogens with one attached hydrogen (secondary N) is 2. The van der Waals surface area contributed by atoms with Crippen molar-refractivity contribution in [1.29, 1.82) is 0 Å². The number of benzene rings is 2. The fraction of sp³-hybridized carbons (Fsp3) is 0.222. The van der Waals surface area contributed by atoms with E-state index in [4.69, 9.17) is 16.3 Å². The van der Waals surface area contributed by atoms with E-state index in [1.807, 2.05) is 0 Å². The maximum absolute atomic E-state index is 13.9. The molecule has 2 rings (SSSR count). The number of hydrogen-bond donors (Lipinski definition) is 2. The second-order valence-corrected chi connectivity index (χ2v) is 6.93. The Kier molecular flexibility index (Phi) is 6.00. The minimum absolute atomic E-state index is 0.0910. The zero-order valence-electron chi connectivity index (χ0n) is 14.6. The van der Waals surface area contributed by atoms with Crippen molar-refractivity contribution in [1.82, 2.24) is 0 Å². The van der Waals surface area contributed by atoms with Crippen molar-refractivity contribution in [3.8, 4) is 0 Å². The topological polar surface area (TPSA) is 67.4 Å². The monoisotopic (exact) mass is 400 g/mol. The highest BCUT2D eigenvalue weighted by atomic mass is 35.5. The summed E-state index contributed by atoms with van der Waals surface area (Å²) in [5.74, 6) is -4.03. The maximum atomic E-state index is 13.9. The van der Waals surface area contributed by atoms with Crippen molar-refractivity contribution < 1.29 is 27.5 Å². The first-order valence-corrected chi connectivity index (χ1v) is 8.09. The Morgan fingerprint density at radius 1 is 0.963 bits per heavy atom. The fourth-order valence-electron chi connectivity index (χ4n) is 2.01. The summed E-state index contributed by atoms with van der Waals surface area (Å²) in [6, 6.07) is 4.70. The van der Waals surface area contributed by atoms with E-state index in [1.165, 1.54) is 6.07 Å². The second-order valence-electron chi connectivity index (χ2n) is 6.52. The van der Waals surface area contributed by atoms with Gasteiger partial charge in [-0.05, 0) is 51.1 Å². The fourth-order valence-corrected chi connectivity index (χ4v) is 2.24. The molecule has 0 heterocycles. The third kappa shape index (κ3) is 5.62. The van der Waals surface area contributed by atoms with Gasteiger partial charge in [-0.15, -0.1) is 0 Å². The minimum Gasteiger partial charge on any atom is -0.444 e. The molecule has 0 spiro atoms. The summed E-state index contributed by atoms with van der Waals surface area (Å²) in [6.45, 7) is 4.93. The van der Waals surface area contributed by atoms with E-state index >= 15 is 0 Å². The molecule has 0 saturated heterocycles. The molecule has 0 aliphatic heterocycles. The molecule has 2 N–H and O–H groups in total. The summed E-state index contributed by atoms with van der Waals surface area (Å²) >= 11 is 5.75. The molecule has 5 nitrogen and oxygen atoms in total. The normalized spacial score (nSPS) is 11.1. The predicted molar refractivity (Wildman–Crippen MR) is 95.6 cm³/mol. The van der Waals surface area contributed by atoms with Gasteiger partial charge in [0.2, 0.25) is 0 Å². The van der Waals surface area contributed by atoms with Crippen LogP contribution < -0.4 is 10.6 Å². The quantitative estimate of drug-likeness (QED) is 0.682. The number of anilines is 2. The molecule has 2 aromatic carbocycles. The van der Waals surface area contributed by atoms with Crippen LogP contribution in [0.1, 0.15) is 31.1 Å². The Hall–Kier alpha value is -2.74. The maximum Gasteiger partial charge on any atom is 0.412 e. The number of amides is 2. The molecule has 0 radical (unpaired) electrons. The number of ether oxygens (including phenoxy) is 1. The van der Waals surface area contributed by atoms with Crippen LogP contribution in [0.25, 0.3) is 0 Å². The molecule has 9 heteroatoms. The van der Waals surface area contributed by atoms with Crippen LogP contribution in [0.3, 0.4) is 0 Å². The lowest BCUT2D eigenvalue weighted by Crippen LogP contribution is -2.27. The number of halogens is 4. The van der Waals surface area contributed by atoms with Crippen LogP contribution in [0, 0.1) is 17.5 Å². The molecular weight excluding hydrogens is 385 g/mol. The Bertz CT molecular complexity index is 898. The summed E-state index contributed by atoms with van der Waals surface area (Å²) in [6.07, 6.45) is -0.881. The highest BCUT2D eigenvalue weighted by molar-refractivity contribution is 6.34. The van der Waals surface area contributed by atoms with Gasteiger partial charge in [-0.25, -0.2) is 18.0 Å². The molecule has 0 fully saturated rings. The first-order valence-electron chi connectivity index (χ1n) is 7.72. The standard InChI is InChI=1S/C18H16ClF3N2O3/c1-18(2,3)27-17(26)24-15-6-9(4-5-12(15)20)23-16(25)10-7-13(21)14(22)8-11(10)19/h4-8H,1-3H3,(H,23,25)(H,24,26). The van der Waals surface area contributed by atoms with Crippen molar-refractivity contribution in [2.75, 3.05) is 10.6 Å². The van der Waals surface area contributed by atoms with Gasteiger partial charge in [-0.3, -0.25) is 10.1 Å². The van der Waals surface area contributed by atoms with Crippen molar-refractivity contribution in [3.05, 3.63) is 58.4 Å². The van der Waals surface area contributed by atoms with Crippen LogP contribution >= 0.6 is 11.6 Å². The Labute approximate surface area is 158 Å². The van der Waals surface area contributed by atoms with Crippen LogP contribution in [0.5, 0.6) is 0 Å². The van der Waals surface area contributed by atoms with Crippen LogP contribution in [-0.2, 0) is 4.74 Å². The molecule has 0 unspecified atom stereocenters. The SMILES string of the molecule is CC(C)(C)OC(=O)Nc1cc(NC(=O)c2cc(F)c(F)cc2Cl)ccc1F. The van der Waals surface area contributed by atoms with Gasteiger partial charge < -0.3 is 10.1 Å². The van der Waals surface area contributed by atoms with Crippen molar-refractivity contribution in [2.24, 2.45) is 0 Å². The summed E-state index contributed by atoms with van der Waals surface area (Å²) in [4.78, 5) is 24.0. The zero-order chi connectivity index (χ0) is 20.4. The van der Waals surface area contributed by atoms with Gasteiger partial charge in [0.15, 0.2) is 11.6 Å². The van der Waals surface area contributed by atoms with Crippen LogP contribution in [-0.4, -0.2) is 17.6 Å². The summed E-state index contributed by atoms with van der Waals surface area (Å²) in [7, 11) is 0. The molecule has 0 bridgehead atoms. The molecule has 2 aromatic rings. The third-order valence-electron chi connectivity index (χ3n) is 3.11. The molecule has 144 valence electrons. The van der Waals surface area contributed by atoms with E-state index in [0.29, 0.717) is 12.1 Å². The lowest BCUT2D eigenvalue weighted by Gasteiger charge is -2.20. The van der Waals surface area contributed by atoms with Gasteiger partial charge in [-0.2, -0.15) is 0 Å². The molecule has 2 amide bonds. The van der Waals surface area contributed by atoms with Crippen LogP contribution in [0.15, 0.2) is 30.3 Å². The van der Waals surface area contributed by atoms with Gasteiger partial charge in [0, 0.05) is 5.69 Å². The van der Waals surface area contributed by atoms with Gasteiger partial charge >= 0.3 is 6.09 Å². The largest absolute Gasteiger partial charge is 0.444 e. The van der Waals surface area contributed by atoms with Crippen molar-refractivity contribution in [2.45, 2.75) is 26.4 Å². The molecule has 0 atom stereocenters. The average molecular weight is 401 g/mol. The van der Waals surface area contributed by atoms with E-state index in [1.54, 1.807) is 20.8 Å². The Morgan fingerprint density at radius 2 is 1.59 bits per heavy atom. The lowest BCUT2D eigenvalue weighted by atomic mass is 10.2. The summed E-state index contributed by atoms with van der Waals surface area (Å²) in [5, 5.41) is 4.30. The second kappa shape index (κ2) is 7.87. The number of carbonyl (C=O) groups excluding carboxylic acids is 2. The summed E-state index contributed by atoms with van der Waals surface area (Å²) < 4.78 is 45.3. The van der Waals surface area contributed by atoms with E-state index in [9.17, 15) is 22.8 Å². The molecular formula is C18H16ClF3N2O3. The third-order valence-corrected chi connectivity index (χ3v) is 3.43. The number of hydrogen-bond acceptors (Lipinski definition) is 3.